The predicted molar refractivity (Wildman–Crippen MR) is 87.1 cm³/mol. The smallest absolute Gasteiger partial charge is 0.260 e. The molecule has 0 saturated carbocycles. The standard InChI is InChI=1S/C13H9BrClN3OS/c14-8-3-5-9(6-4-8)17-13(20)18-12(19)10-2-1-7-16-11(10)15/h1-7H,(H2,17,18,19,20). The Kier molecular flexibility index (Phi) is 5.05. The van der Waals surface area contributed by atoms with Gasteiger partial charge in [0.25, 0.3) is 5.91 Å². The van der Waals surface area contributed by atoms with Crippen LogP contribution < -0.4 is 10.6 Å². The van der Waals surface area contributed by atoms with Gasteiger partial charge >= 0.3 is 0 Å². The third-order valence-electron chi connectivity index (χ3n) is 2.33. The number of hydrogen-bond donors (Lipinski definition) is 2. The van der Waals surface area contributed by atoms with Crippen LogP contribution in [0, 0.1) is 0 Å². The molecule has 20 heavy (non-hydrogen) atoms. The van der Waals surface area contributed by atoms with Gasteiger partial charge in [-0.15, -0.1) is 0 Å². The van der Waals surface area contributed by atoms with Crippen LogP contribution in [0.1, 0.15) is 10.4 Å². The molecule has 0 aliphatic rings. The molecule has 1 amide bonds. The zero-order chi connectivity index (χ0) is 14.5. The number of nitrogens with one attached hydrogen (secondary N) is 2. The van der Waals surface area contributed by atoms with E-state index in [-0.39, 0.29) is 15.8 Å². The zero-order valence-corrected chi connectivity index (χ0v) is 13.2. The molecular formula is C13H9BrClN3OS. The number of aromatic nitrogens is 1. The van der Waals surface area contributed by atoms with Gasteiger partial charge in [0.2, 0.25) is 0 Å². The molecule has 0 bridgehead atoms. The van der Waals surface area contributed by atoms with Crippen molar-refractivity contribution >= 4 is 56.5 Å². The number of thiocarbonyl (C=S) groups is 1. The van der Waals surface area contributed by atoms with E-state index in [0.29, 0.717) is 0 Å². The molecule has 4 nitrogen and oxygen atoms in total. The Balaban J connectivity index is 2.00. The molecule has 0 aliphatic heterocycles. The van der Waals surface area contributed by atoms with Crippen LogP contribution in [0.4, 0.5) is 5.69 Å². The zero-order valence-electron chi connectivity index (χ0n) is 10.1. The monoisotopic (exact) mass is 369 g/mol. The number of carbonyl (C=O) groups is 1. The molecule has 0 atom stereocenters. The molecule has 0 saturated heterocycles. The van der Waals surface area contributed by atoms with Crippen molar-refractivity contribution in [2.75, 3.05) is 5.32 Å². The van der Waals surface area contributed by atoms with E-state index < -0.39 is 5.91 Å². The molecule has 2 rings (SSSR count). The lowest BCUT2D eigenvalue weighted by atomic mass is 10.3. The van der Waals surface area contributed by atoms with Gasteiger partial charge in [-0.05, 0) is 48.6 Å². The Hall–Kier alpha value is -1.50. The number of carbonyl (C=O) groups excluding carboxylic acids is 1. The van der Waals surface area contributed by atoms with Crippen molar-refractivity contribution in [2.24, 2.45) is 0 Å². The molecule has 2 aromatic rings. The van der Waals surface area contributed by atoms with Crippen LogP contribution in [0.15, 0.2) is 47.1 Å². The maximum absolute atomic E-state index is 11.9. The number of benzene rings is 1. The number of pyridine rings is 1. The summed E-state index contributed by atoms with van der Waals surface area (Å²) in [5.74, 6) is -0.405. The lowest BCUT2D eigenvalue weighted by Gasteiger charge is -2.10. The molecule has 102 valence electrons. The molecule has 2 N–H and O–H groups in total. The molecule has 1 aromatic heterocycles. The highest BCUT2D eigenvalue weighted by Crippen LogP contribution is 2.14. The summed E-state index contributed by atoms with van der Waals surface area (Å²) in [6, 6.07) is 10.6. The Morgan fingerprint density at radius 1 is 1.25 bits per heavy atom. The molecular weight excluding hydrogens is 362 g/mol. The van der Waals surface area contributed by atoms with Gasteiger partial charge in [-0.3, -0.25) is 10.1 Å². The van der Waals surface area contributed by atoms with Gasteiger partial charge in [0, 0.05) is 16.4 Å². The minimum Gasteiger partial charge on any atom is -0.332 e. The van der Waals surface area contributed by atoms with Crippen molar-refractivity contribution in [2.45, 2.75) is 0 Å². The topological polar surface area (TPSA) is 54.0 Å². The maximum atomic E-state index is 11.9. The summed E-state index contributed by atoms with van der Waals surface area (Å²) >= 11 is 14.2. The Bertz CT molecular complexity index is 648. The van der Waals surface area contributed by atoms with E-state index in [1.165, 1.54) is 6.20 Å². The van der Waals surface area contributed by atoms with E-state index >= 15 is 0 Å². The minimum atomic E-state index is -0.405. The van der Waals surface area contributed by atoms with Crippen molar-refractivity contribution in [3.63, 3.8) is 0 Å². The van der Waals surface area contributed by atoms with E-state index in [0.717, 1.165) is 10.2 Å². The number of nitrogens with zero attached hydrogens (tertiary/aromatic N) is 1. The van der Waals surface area contributed by atoms with Gasteiger partial charge in [-0.25, -0.2) is 4.98 Å². The third kappa shape index (κ3) is 4.00. The van der Waals surface area contributed by atoms with Crippen molar-refractivity contribution in [1.82, 2.24) is 10.3 Å². The summed E-state index contributed by atoms with van der Waals surface area (Å²) in [4.78, 5) is 15.8. The normalized spacial score (nSPS) is 9.90. The van der Waals surface area contributed by atoms with Crippen LogP contribution in [-0.4, -0.2) is 16.0 Å². The van der Waals surface area contributed by atoms with Crippen LogP contribution in [0.2, 0.25) is 5.15 Å². The average Bonchev–Trinajstić information content (AvgIpc) is 2.41. The fourth-order valence-corrected chi connectivity index (χ4v) is 2.10. The van der Waals surface area contributed by atoms with Crippen molar-refractivity contribution < 1.29 is 4.79 Å². The highest BCUT2D eigenvalue weighted by Gasteiger charge is 2.12. The van der Waals surface area contributed by atoms with Crippen LogP contribution in [0.5, 0.6) is 0 Å². The highest BCUT2D eigenvalue weighted by atomic mass is 79.9. The summed E-state index contributed by atoms with van der Waals surface area (Å²) < 4.78 is 0.958. The van der Waals surface area contributed by atoms with Crippen molar-refractivity contribution in [3.8, 4) is 0 Å². The molecule has 0 radical (unpaired) electrons. The fraction of sp³-hybridized carbons (Fsp3) is 0. The number of anilines is 1. The maximum Gasteiger partial charge on any atom is 0.260 e. The van der Waals surface area contributed by atoms with E-state index in [2.05, 4.69) is 31.5 Å². The van der Waals surface area contributed by atoms with Crippen LogP contribution in [-0.2, 0) is 0 Å². The van der Waals surface area contributed by atoms with Gasteiger partial charge < -0.3 is 5.32 Å². The second-order valence-corrected chi connectivity index (χ2v) is 5.44. The van der Waals surface area contributed by atoms with Gasteiger partial charge in [-0.2, -0.15) is 0 Å². The summed E-state index contributed by atoms with van der Waals surface area (Å²) in [7, 11) is 0. The first-order valence-electron chi connectivity index (χ1n) is 5.54. The Labute approximate surface area is 134 Å². The van der Waals surface area contributed by atoms with E-state index in [1.54, 1.807) is 12.1 Å². The SMILES string of the molecule is O=C(NC(=S)Nc1ccc(Br)cc1)c1cccnc1Cl. The van der Waals surface area contributed by atoms with Crippen LogP contribution in [0.3, 0.4) is 0 Å². The predicted octanol–water partition coefficient (Wildman–Crippen LogP) is 3.62. The molecule has 0 unspecified atom stereocenters. The third-order valence-corrected chi connectivity index (χ3v) is 3.37. The lowest BCUT2D eigenvalue weighted by molar-refractivity contribution is 0.0977. The Morgan fingerprint density at radius 2 is 1.95 bits per heavy atom. The number of rotatable bonds is 2. The highest BCUT2D eigenvalue weighted by molar-refractivity contribution is 9.10. The lowest BCUT2D eigenvalue weighted by Crippen LogP contribution is -2.34. The van der Waals surface area contributed by atoms with Gasteiger partial charge in [0.15, 0.2) is 5.11 Å². The molecule has 7 heteroatoms. The molecule has 0 aliphatic carbocycles. The summed E-state index contributed by atoms with van der Waals surface area (Å²) in [6.45, 7) is 0. The first kappa shape index (κ1) is 14.9. The summed E-state index contributed by atoms with van der Waals surface area (Å²) in [6.07, 6.45) is 1.51. The van der Waals surface area contributed by atoms with Crippen LogP contribution in [0.25, 0.3) is 0 Å². The van der Waals surface area contributed by atoms with Gasteiger partial charge in [0.05, 0.1) is 5.56 Å². The van der Waals surface area contributed by atoms with Gasteiger partial charge in [-0.1, -0.05) is 27.5 Å². The van der Waals surface area contributed by atoms with E-state index in [1.807, 2.05) is 24.3 Å². The molecule has 0 fully saturated rings. The largest absolute Gasteiger partial charge is 0.332 e. The Morgan fingerprint density at radius 3 is 2.60 bits per heavy atom. The average molecular weight is 371 g/mol. The van der Waals surface area contributed by atoms with Crippen molar-refractivity contribution in [1.29, 1.82) is 0 Å². The van der Waals surface area contributed by atoms with Crippen molar-refractivity contribution in [3.05, 3.63) is 57.8 Å². The first-order chi connectivity index (χ1) is 9.56. The molecule has 0 spiro atoms. The molecule has 1 aromatic carbocycles. The first-order valence-corrected chi connectivity index (χ1v) is 7.12. The second-order valence-electron chi connectivity index (χ2n) is 3.76. The summed E-state index contributed by atoms with van der Waals surface area (Å²) in [5, 5.41) is 5.78. The number of halogens is 2. The van der Waals surface area contributed by atoms with Crippen LogP contribution >= 0.6 is 39.7 Å². The molecule has 1 heterocycles. The van der Waals surface area contributed by atoms with E-state index in [4.69, 9.17) is 23.8 Å². The van der Waals surface area contributed by atoms with Gasteiger partial charge in [0.1, 0.15) is 5.15 Å². The number of hydrogen-bond acceptors (Lipinski definition) is 3. The summed E-state index contributed by atoms with van der Waals surface area (Å²) in [5.41, 5.74) is 1.05. The quantitative estimate of drug-likeness (QED) is 0.626. The fourth-order valence-electron chi connectivity index (χ4n) is 1.42. The number of amides is 1. The minimum absolute atomic E-state index is 0.136. The van der Waals surface area contributed by atoms with E-state index in [9.17, 15) is 4.79 Å². The second kappa shape index (κ2) is 6.78.